The minimum Gasteiger partial charge on any atom is -0.316 e. The summed E-state index contributed by atoms with van der Waals surface area (Å²) in [5.41, 5.74) is -0.332. The van der Waals surface area contributed by atoms with Crippen molar-refractivity contribution in [1.82, 2.24) is 15.1 Å². The molecule has 1 spiro atoms. The first-order valence-electron chi connectivity index (χ1n) is 5.78. The maximum Gasteiger partial charge on any atom is 0.435 e. The number of rotatable bonds is 2. The minimum absolute atomic E-state index is 0.463. The van der Waals surface area contributed by atoms with Gasteiger partial charge in [0.05, 0.1) is 0 Å². The van der Waals surface area contributed by atoms with Crippen molar-refractivity contribution in [3.63, 3.8) is 0 Å². The Kier molecular flexibility index (Phi) is 2.26. The fourth-order valence-electron chi connectivity index (χ4n) is 2.94. The van der Waals surface area contributed by atoms with Crippen molar-refractivity contribution in [2.45, 2.75) is 25.6 Å². The summed E-state index contributed by atoms with van der Waals surface area (Å²) in [7, 11) is 0. The summed E-state index contributed by atoms with van der Waals surface area (Å²) in [6, 6.07) is 1.04. The third-order valence-electron chi connectivity index (χ3n) is 3.82. The van der Waals surface area contributed by atoms with Crippen LogP contribution in [-0.4, -0.2) is 22.9 Å². The smallest absolute Gasteiger partial charge is 0.316 e. The zero-order valence-electron chi connectivity index (χ0n) is 9.30. The fraction of sp³-hybridized carbons (Fsp3) is 0.727. The summed E-state index contributed by atoms with van der Waals surface area (Å²) >= 11 is 0. The summed E-state index contributed by atoms with van der Waals surface area (Å²) < 4.78 is 38.4. The van der Waals surface area contributed by atoms with E-state index in [1.807, 2.05) is 0 Å². The molecule has 0 radical (unpaired) electrons. The van der Waals surface area contributed by atoms with Gasteiger partial charge in [-0.3, -0.25) is 4.68 Å². The van der Waals surface area contributed by atoms with Gasteiger partial charge in [-0.15, -0.1) is 0 Å². The summed E-state index contributed by atoms with van der Waals surface area (Å²) in [6.45, 7) is 2.74. The topological polar surface area (TPSA) is 29.9 Å². The molecule has 0 bridgehead atoms. The van der Waals surface area contributed by atoms with Crippen molar-refractivity contribution in [3.8, 4) is 0 Å². The minimum atomic E-state index is -4.33. The van der Waals surface area contributed by atoms with Crippen LogP contribution in [0.4, 0.5) is 13.2 Å². The van der Waals surface area contributed by atoms with Crippen LogP contribution in [0.2, 0.25) is 0 Å². The molecule has 0 amide bonds. The highest BCUT2D eigenvalue weighted by Gasteiger charge is 2.48. The van der Waals surface area contributed by atoms with Crippen LogP contribution in [0.5, 0.6) is 0 Å². The van der Waals surface area contributed by atoms with E-state index in [4.69, 9.17) is 0 Å². The molecule has 1 aliphatic heterocycles. The first-order valence-corrected chi connectivity index (χ1v) is 5.78. The summed E-state index contributed by atoms with van der Waals surface area (Å²) in [4.78, 5) is 0. The Bertz CT molecular complexity index is 412. The van der Waals surface area contributed by atoms with Crippen molar-refractivity contribution < 1.29 is 13.2 Å². The third kappa shape index (κ3) is 1.94. The maximum atomic E-state index is 12.3. The number of alkyl halides is 3. The lowest BCUT2D eigenvalue weighted by molar-refractivity contribution is -0.141. The largest absolute Gasteiger partial charge is 0.435 e. The SMILES string of the molecule is FC(F)(F)c1ccn(CC2CC3(CNC3)C2)n1. The molecule has 1 saturated heterocycles. The Morgan fingerprint density at radius 2 is 2.12 bits per heavy atom. The number of aromatic nitrogens is 2. The van der Waals surface area contributed by atoms with Crippen molar-refractivity contribution in [2.75, 3.05) is 13.1 Å². The molecule has 1 saturated carbocycles. The number of hydrogen-bond donors (Lipinski definition) is 1. The van der Waals surface area contributed by atoms with Gasteiger partial charge in [0.1, 0.15) is 0 Å². The van der Waals surface area contributed by atoms with E-state index in [1.165, 1.54) is 10.9 Å². The standard InChI is InChI=1S/C11H14F3N3/c12-11(13,14)9-1-2-17(16-9)5-8-3-10(4-8)6-15-7-10/h1-2,8,15H,3-7H2. The predicted octanol–water partition coefficient (Wildman–Crippen LogP) is 1.90. The Balaban J connectivity index is 1.57. The summed E-state index contributed by atoms with van der Waals surface area (Å²) in [5.74, 6) is 0.484. The molecular formula is C11H14F3N3. The molecule has 1 N–H and O–H groups in total. The van der Waals surface area contributed by atoms with Crippen LogP contribution in [0.3, 0.4) is 0 Å². The van der Waals surface area contributed by atoms with Crippen LogP contribution in [0.1, 0.15) is 18.5 Å². The molecule has 2 fully saturated rings. The number of halogens is 3. The van der Waals surface area contributed by atoms with Crippen molar-refractivity contribution in [2.24, 2.45) is 11.3 Å². The Morgan fingerprint density at radius 1 is 1.41 bits per heavy atom. The highest BCUT2D eigenvalue weighted by atomic mass is 19.4. The van der Waals surface area contributed by atoms with E-state index >= 15 is 0 Å². The normalized spacial score (nSPS) is 23.5. The highest BCUT2D eigenvalue weighted by Crippen LogP contribution is 2.48. The van der Waals surface area contributed by atoms with Gasteiger partial charge < -0.3 is 5.32 Å². The van der Waals surface area contributed by atoms with Crippen LogP contribution < -0.4 is 5.32 Å². The van der Waals surface area contributed by atoms with Gasteiger partial charge in [-0.1, -0.05) is 0 Å². The highest BCUT2D eigenvalue weighted by molar-refractivity contribution is 5.05. The van der Waals surface area contributed by atoms with Gasteiger partial charge in [0, 0.05) is 25.8 Å². The van der Waals surface area contributed by atoms with Gasteiger partial charge in [0.25, 0.3) is 0 Å². The molecule has 3 nitrogen and oxygen atoms in total. The second-order valence-electron chi connectivity index (χ2n) is 5.30. The molecule has 94 valence electrons. The van der Waals surface area contributed by atoms with Gasteiger partial charge in [0.2, 0.25) is 0 Å². The van der Waals surface area contributed by atoms with Crippen molar-refractivity contribution in [3.05, 3.63) is 18.0 Å². The van der Waals surface area contributed by atoms with Crippen LogP contribution in [0, 0.1) is 11.3 Å². The lowest BCUT2D eigenvalue weighted by Crippen LogP contribution is -2.60. The van der Waals surface area contributed by atoms with E-state index in [0.29, 0.717) is 17.9 Å². The summed E-state index contributed by atoms with van der Waals surface area (Å²) in [5, 5.41) is 6.81. The van der Waals surface area contributed by atoms with Crippen LogP contribution >= 0.6 is 0 Å². The molecule has 0 unspecified atom stereocenters. The van der Waals surface area contributed by atoms with E-state index in [-0.39, 0.29) is 0 Å². The van der Waals surface area contributed by atoms with E-state index in [9.17, 15) is 13.2 Å². The molecule has 1 aliphatic carbocycles. The molecule has 2 heterocycles. The molecule has 1 aromatic rings. The van der Waals surface area contributed by atoms with E-state index in [2.05, 4.69) is 10.4 Å². The van der Waals surface area contributed by atoms with Crippen molar-refractivity contribution >= 4 is 0 Å². The van der Waals surface area contributed by atoms with Crippen LogP contribution in [0.15, 0.2) is 12.3 Å². The Hall–Kier alpha value is -1.04. The lowest BCUT2D eigenvalue weighted by atomic mass is 9.58. The van der Waals surface area contributed by atoms with Gasteiger partial charge >= 0.3 is 6.18 Å². The Labute approximate surface area is 97.0 Å². The molecule has 17 heavy (non-hydrogen) atoms. The lowest BCUT2D eigenvalue weighted by Gasteiger charge is -2.54. The van der Waals surface area contributed by atoms with Gasteiger partial charge in [-0.05, 0) is 30.2 Å². The van der Waals surface area contributed by atoms with E-state index in [0.717, 1.165) is 32.0 Å². The quantitative estimate of drug-likeness (QED) is 0.862. The average Bonchev–Trinajstić information content (AvgIpc) is 2.54. The molecule has 6 heteroatoms. The second kappa shape index (κ2) is 3.48. The predicted molar refractivity (Wildman–Crippen MR) is 55.3 cm³/mol. The van der Waals surface area contributed by atoms with Gasteiger partial charge in [-0.2, -0.15) is 18.3 Å². The van der Waals surface area contributed by atoms with Gasteiger partial charge in [-0.25, -0.2) is 0 Å². The average molecular weight is 245 g/mol. The summed E-state index contributed by atoms with van der Waals surface area (Å²) in [6.07, 6.45) is -0.681. The zero-order chi connectivity index (χ0) is 12.1. The molecule has 3 rings (SSSR count). The monoisotopic (exact) mass is 245 g/mol. The van der Waals surface area contributed by atoms with E-state index < -0.39 is 11.9 Å². The van der Waals surface area contributed by atoms with Gasteiger partial charge in [0.15, 0.2) is 5.69 Å². The first-order chi connectivity index (χ1) is 7.97. The fourth-order valence-corrected chi connectivity index (χ4v) is 2.94. The van der Waals surface area contributed by atoms with Crippen LogP contribution in [0.25, 0.3) is 0 Å². The van der Waals surface area contributed by atoms with Crippen LogP contribution in [-0.2, 0) is 12.7 Å². The number of nitrogens with one attached hydrogen (secondary N) is 1. The molecule has 0 aromatic carbocycles. The molecule has 1 aromatic heterocycles. The first kappa shape index (κ1) is 11.1. The van der Waals surface area contributed by atoms with E-state index in [1.54, 1.807) is 0 Å². The zero-order valence-corrected chi connectivity index (χ0v) is 9.30. The Morgan fingerprint density at radius 3 is 2.59 bits per heavy atom. The second-order valence-corrected chi connectivity index (χ2v) is 5.30. The maximum absolute atomic E-state index is 12.3. The third-order valence-corrected chi connectivity index (χ3v) is 3.82. The van der Waals surface area contributed by atoms with Crippen molar-refractivity contribution in [1.29, 1.82) is 0 Å². The molecule has 0 atom stereocenters. The molecular weight excluding hydrogens is 231 g/mol. The number of hydrogen-bond acceptors (Lipinski definition) is 2. The molecule has 2 aliphatic rings. The number of nitrogens with zero attached hydrogens (tertiary/aromatic N) is 2.